The van der Waals surface area contributed by atoms with Crippen molar-refractivity contribution in [2.24, 2.45) is 5.92 Å². The lowest BCUT2D eigenvalue weighted by Crippen LogP contribution is -2.23. The predicted molar refractivity (Wildman–Crippen MR) is 103 cm³/mol. The number of ether oxygens (including phenoxy) is 4. The molecule has 0 aromatic heterocycles. The highest BCUT2D eigenvalue weighted by atomic mass is 16.5. The minimum atomic E-state index is -0.198. The van der Waals surface area contributed by atoms with Crippen LogP contribution in [0.15, 0.2) is 18.2 Å². The van der Waals surface area contributed by atoms with Gasteiger partial charge in [0.05, 0.1) is 28.4 Å². The van der Waals surface area contributed by atoms with Gasteiger partial charge in [0.2, 0.25) is 11.5 Å². The Morgan fingerprint density at radius 1 is 0.857 bits per heavy atom. The van der Waals surface area contributed by atoms with E-state index in [0.29, 0.717) is 35.8 Å². The van der Waals surface area contributed by atoms with Crippen LogP contribution in [-0.4, -0.2) is 50.4 Å². The van der Waals surface area contributed by atoms with E-state index in [1.165, 1.54) is 28.4 Å². The highest BCUT2D eigenvalue weighted by Gasteiger charge is 2.34. The summed E-state index contributed by atoms with van der Waals surface area (Å²) in [6, 6.07) is 5.27. The first-order chi connectivity index (χ1) is 13.5. The lowest BCUT2D eigenvalue weighted by atomic mass is 9.73. The molecule has 0 saturated heterocycles. The van der Waals surface area contributed by atoms with Gasteiger partial charge in [-0.2, -0.15) is 0 Å². The number of aromatic hydroxyl groups is 2. The van der Waals surface area contributed by atoms with Crippen molar-refractivity contribution in [3.8, 4) is 34.5 Å². The fourth-order valence-electron chi connectivity index (χ4n) is 4.01. The van der Waals surface area contributed by atoms with Crippen LogP contribution in [0.1, 0.15) is 29.0 Å². The molecule has 3 N–H and O–H groups in total. The Balaban J connectivity index is 2.25. The van der Waals surface area contributed by atoms with E-state index in [2.05, 4.69) is 0 Å². The normalized spacial score (nSPS) is 18.3. The molecule has 28 heavy (non-hydrogen) atoms. The first-order valence-electron chi connectivity index (χ1n) is 9.01. The second-order valence-corrected chi connectivity index (χ2v) is 6.85. The molecule has 0 radical (unpaired) electrons. The Kier molecular flexibility index (Phi) is 5.74. The van der Waals surface area contributed by atoms with E-state index in [-0.39, 0.29) is 29.9 Å². The van der Waals surface area contributed by atoms with Gasteiger partial charge in [-0.1, -0.05) is 0 Å². The summed E-state index contributed by atoms with van der Waals surface area (Å²) in [6.07, 6.45) is 1.28. The summed E-state index contributed by atoms with van der Waals surface area (Å²) in [5.41, 5.74) is 2.60. The quantitative estimate of drug-likeness (QED) is 0.698. The molecule has 2 aromatic carbocycles. The molecule has 3 rings (SSSR count). The van der Waals surface area contributed by atoms with Crippen LogP contribution in [0.2, 0.25) is 0 Å². The van der Waals surface area contributed by atoms with Crippen molar-refractivity contribution >= 4 is 0 Å². The summed E-state index contributed by atoms with van der Waals surface area (Å²) in [6.45, 7) is 0.0355. The van der Waals surface area contributed by atoms with Crippen LogP contribution in [-0.2, 0) is 6.42 Å². The van der Waals surface area contributed by atoms with E-state index >= 15 is 0 Å². The third kappa shape index (κ3) is 3.26. The maximum absolute atomic E-state index is 10.6. The van der Waals surface area contributed by atoms with Crippen molar-refractivity contribution in [3.63, 3.8) is 0 Å². The summed E-state index contributed by atoms with van der Waals surface area (Å²) in [5, 5.41) is 30.7. The van der Waals surface area contributed by atoms with Crippen molar-refractivity contribution in [2.45, 2.75) is 18.8 Å². The number of hydrogen-bond acceptors (Lipinski definition) is 7. The van der Waals surface area contributed by atoms with Crippen molar-refractivity contribution in [2.75, 3.05) is 35.0 Å². The van der Waals surface area contributed by atoms with Gasteiger partial charge in [-0.15, -0.1) is 0 Å². The lowest BCUT2D eigenvalue weighted by molar-refractivity contribution is 0.206. The fourth-order valence-corrected chi connectivity index (χ4v) is 4.01. The smallest absolute Gasteiger partial charge is 0.201 e. The Labute approximate surface area is 164 Å². The van der Waals surface area contributed by atoms with Crippen LogP contribution in [0.4, 0.5) is 0 Å². The molecule has 1 aliphatic rings. The van der Waals surface area contributed by atoms with Crippen LogP contribution in [0, 0.1) is 5.92 Å². The van der Waals surface area contributed by atoms with Crippen molar-refractivity contribution < 1.29 is 34.3 Å². The number of fused-ring (bicyclic) bond motifs is 1. The first-order valence-corrected chi connectivity index (χ1v) is 9.01. The average Bonchev–Trinajstić information content (AvgIpc) is 2.72. The highest BCUT2D eigenvalue weighted by molar-refractivity contribution is 5.63. The van der Waals surface area contributed by atoms with E-state index in [1.807, 2.05) is 0 Å². The van der Waals surface area contributed by atoms with E-state index in [1.54, 1.807) is 18.2 Å². The predicted octanol–water partition coefficient (Wildman–Crippen LogP) is 2.82. The molecule has 152 valence electrons. The minimum Gasteiger partial charge on any atom is -0.502 e. The first kappa shape index (κ1) is 19.9. The Bertz CT molecular complexity index is 837. The lowest BCUT2D eigenvalue weighted by Gasteiger charge is -2.33. The van der Waals surface area contributed by atoms with Crippen LogP contribution in [0.5, 0.6) is 34.5 Å². The number of aliphatic hydroxyl groups is 1. The molecule has 7 heteroatoms. The number of methoxy groups -OCH3 is 4. The molecule has 1 unspecified atom stereocenters. The number of hydrogen-bond donors (Lipinski definition) is 3. The monoisotopic (exact) mass is 390 g/mol. The van der Waals surface area contributed by atoms with Crippen LogP contribution < -0.4 is 18.9 Å². The van der Waals surface area contributed by atoms with Crippen molar-refractivity contribution in [1.29, 1.82) is 0 Å². The average molecular weight is 390 g/mol. The van der Waals surface area contributed by atoms with Crippen molar-refractivity contribution in [3.05, 3.63) is 34.9 Å². The summed E-state index contributed by atoms with van der Waals surface area (Å²) >= 11 is 0. The minimum absolute atomic E-state index is 0.0299. The molecule has 2 atom stereocenters. The topological polar surface area (TPSA) is 97.6 Å². The number of aliphatic hydroxyl groups excluding tert-OH is 1. The van der Waals surface area contributed by atoms with E-state index in [0.717, 1.165) is 16.7 Å². The molecule has 2 aromatic rings. The zero-order valence-corrected chi connectivity index (χ0v) is 16.5. The van der Waals surface area contributed by atoms with Gasteiger partial charge in [-0.05, 0) is 48.1 Å². The van der Waals surface area contributed by atoms with Gasteiger partial charge >= 0.3 is 0 Å². The third-order valence-corrected chi connectivity index (χ3v) is 5.36. The molecule has 0 saturated carbocycles. The standard InChI is InChI=1S/C21H26O7/c1-25-15-7-12(8-16(26-2)19(15)23)14-6-11(10-22)5-13-9-17(27-3)20(24)21(28-4)18(13)14/h7-9,11,14,22-24H,5-6,10H2,1-4H3/t11-,14?/m1/s1. The van der Waals surface area contributed by atoms with Gasteiger partial charge in [0.1, 0.15) is 0 Å². The summed E-state index contributed by atoms with van der Waals surface area (Å²) < 4.78 is 21.4. The Morgan fingerprint density at radius 3 is 1.93 bits per heavy atom. The largest absolute Gasteiger partial charge is 0.502 e. The van der Waals surface area contributed by atoms with Crippen LogP contribution in [0.3, 0.4) is 0 Å². The molecular weight excluding hydrogens is 364 g/mol. The summed E-state index contributed by atoms with van der Waals surface area (Å²) in [4.78, 5) is 0. The highest BCUT2D eigenvalue weighted by Crippen LogP contribution is 2.52. The summed E-state index contributed by atoms with van der Waals surface area (Å²) in [5.74, 6) is 0.952. The van der Waals surface area contributed by atoms with Crippen molar-refractivity contribution in [1.82, 2.24) is 0 Å². The Morgan fingerprint density at radius 2 is 1.43 bits per heavy atom. The number of phenolic OH excluding ortho intramolecular Hbond substituents is 2. The van der Waals surface area contributed by atoms with Gasteiger partial charge in [-0.25, -0.2) is 0 Å². The molecule has 1 aliphatic carbocycles. The molecule has 0 spiro atoms. The third-order valence-electron chi connectivity index (χ3n) is 5.36. The van der Waals surface area contributed by atoms with Crippen LogP contribution in [0.25, 0.3) is 0 Å². The van der Waals surface area contributed by atoms with Gasteiger partial charge < -0.3 is 34.3 Å². The second-order valence-electron chi connectivity index (χ2n) is 6.85. The molecule has 0 bridgehead atoms. The second kappa shape index (κ2) is 8.06. The zero-order chi connectivity index (χ0) is 20.4. The maximum Gasteiger partial charge on any atom is 0.201 e. The molecule has 0 amide bonds. The van der Waals surface area contributed by atoms with Gasteiger partial charge in [-0.3, -0.25) is 0 Å². The van der Waals surface area contributed by atoms with E-state index in [4.69, 9.17) is 18.9 Å². The van der Waals surface area contributed by atoms with Gasteiger partial charge in [0.15, 0.2) is 23.0 Å². The molecule has 0 aliphatic heterocycles. The van der Waals surface area contributed by atoms with Gasteiger partial charge in [0.25, 0.3) is 0 Å². The fraction of sp³-hybridized carbons (Fsp3) is 0.429. The van der Waals surface area contributed by atoms with Gasteiger partial charge in [0, 0.05) is 18.1 Å². The number of rotatable bonds is 6. The van der Waals surface area contributed by atoms with Crippen LogP contribution >= 0.6 is 0 Å². The number of phenols is 2. The van der Waals surface area contributed by atoms with E-state index < -0.39 is 0 Å². The Hall–Kier alpha value is -2.80. The molecular formula is C21H26O7. The molecule has 0 fully saturated rings. The number of benzene rings is 2. The summed E-state index contributed by atoms with van der Waals surface area (Å²) in [7, 11) is 5.93. The molecule has 0 heterocycles. The zero-order valence-electron chi connectivity index (χ0n) is 16.5. The molecule has 7 nitrogen and oxygen atoms in total. The van der Waals surface area contributed by atoms with E-state index in [9.17, 15) is 15.3 Å². The maximum atomic E-state index is 10.6. The SMILES string of the molecule is COc1cc(C2C[C@H](CO)Cc3cc(OC)c(O)c(OC)c32)cc(OC)c1O.